The number of hydrogen-bond acceptors (Lipinski definition) is 6. The zero-order valence-corrected chi connectivity index (χ0v) is 17.0. The Balaban J connectivity index is 1.42. The molecule has 2 heterocycles. The van der Waals surface area contributed by atoms with Crippen molar-refractivity contribution < 1.29 is 19.2 Å². The van der Waals surface area contributed by atoms with Crippen LogP contribution in [0.1, 0.15) is 42.6 Å². The summed E-state index contributed by atoms with van der Waals surface area (Å²) < 4.78 is 7.03. The van der Waals surface area contributed by atoms with Crippen LogP contribution < -0.4 is 4.74 Å². The molecule has 9 nitrogen and oxygen atoms in total. The Kier molecular flexibility index (Phi) is 5.72. The number of nitro groups is 1. The number of nitrogens with zero attached hydrogens (tertiary/aromatic N) is 4. The molecule has 0 bridgehead atoms. The molecule has 1 saturated heterocycles. The number of nitro benzene ring substituents is 1. The van der Waals surface area contributed by atoms with E-state index in [-0.39, 0.29) is 46.8 Å². The maximum Gasteiger partial charge on any atom is 0.274 e. The standard InChI is InChI=1S/C20H21ClN4O5/c21-15-11-13(25(28)29)5-6-19(15)30-12-23-9-7-16(22-23)20(27)24-10-8-18(26)14-3-1-2-4-17(14)24/h5-7,9,11,14,17H,1-4,8,10,12H2. The van der Waals surface area contributed by atoms with Gasteiger partial charge in [-0.3, -0.25) is 19.7 Å². The maximum atomic E-state index is 13.0. The van der Waals surface area contributed by atoms with E-state index in [1.54, 1.807) is 17.2 Å². The van der Waals surface area contributed by atoms with Crippen molar-refractivity contribution in [2.24, 2.45) is 5.92 Å². The van der Waals surface area contributed by atoms with Gasteiger partial charge < -0.3 is 9.64 Å². The van der Waals surface area contributed by atoms with E-state index >= 15 is 0 Å². The summed E-state index contributed by atoms with van der Waals surface area (Å²) >= 11 is 6.03. The van der Waals surface area contributed by atoms with Crippen molar-refractivity contribution in [2.75, 3.05) is 6.54 Å². The van der Waals surface area contributed by atoms with Gasteiger partial charge in [0, 0.05) is 43.3 Å². The molecule has 1 aromatic carbocycles. The number of carbonyl (C=O) groups is 2. The van der Waals surface area contributed by atoms with Crippen molar-refractivity contribution in [1.29, 1.82) is 0 Å². The van der Waals surface area contributed by atoms with Crippen LogP contribution in [0, 0.1) is 16.0 Å². The number of non-ortho nitro benzene ring substituents is 1. The van der Waals surface area contributed by atoms with E-state index in [9.17, 15) is 19.7 Å². The smallest absolute Gasteiger partial charge is 0.274 e. The minimum atomic E-state index is -0.536. The third kappa shape index (κ3) is 4.02. The molecular formula is C20H21ClN4O5. The number of ether oxygens (including phenoxy) is 1. The predicted molar refractivity (Wildman–Crippen MR) is 107 cm³/mol. The summed E-state index contributed by atoms with van der Waals surface area (Å²) in [4.78, 5) is 37.3. The monoisotopic (exact) mass is 432 g/mol. The highest BCUT2D eigenvalue weighted by Gasteiger charge is 2.41. The molecule has 2 unspecified atom stereocenters. The fourth-order valence-electron chi connectivity index (χ4n) is 4.24. The molecule has 158 valence electrons. The van der Waals surface area contributed by atoms with Crippen LogP contribution in [-0.2, 0) is 11.5 Å². The fraction of sp³-hybridized carbons (Fsp3) is 0.450. The van der Waals surface area contributed by atoms with E-state index in [4.69, 9.17) is 16.3 Å². The van der Waals surface area contributed by atoms with Gasteiger partial charge in [-0.1, -0.05) is 24.4 Å². The van der Waals surface area contributed by atoms with Crippen LogP contribution in [0.4, 0.5) is 5.69 Å². The Morgan fingerprint density at radius 3 is 2.87 bits per heavy atom. The number of piperidine rings is 1. The van der Waals surface area contributed by atoms with Crippen molar-refractivity contribution in [2.45, 2.75) is 44.9 Å². The van der Waals surface area contributed by atoms with E-state index in [2.05, 4.69) is 5.10 Å². The summed E-state index contributed by atoms with van der Waals surface area (Å²) in [7, 11) is 0. The van der Waals surface area contributed by atoms with Crippen molar-refractivity contribution in [3.05, 3.63) is 51.3 Å². The van der Waals surface area contributed by atoms with Gasteiger partial charge in [0.1, 0.15) is 11.5 Å². The lowest BCUT2D eigenvalue weighted by Crippen LogP contribution is -2.53. The number of rotatable bonds is 5. The van der Waals surface area contributed by atoms with E-state index < -0.39 is 4.92 Å². The van der Waals surface area contributed by atoms with Gasteiger partial charge in [0.2, 0.25) is 0 Å². The number of fused-ring (bicyclic) bond motifs is 1. The first-order valence-corrected chi connectivity index (χ1v) is 10.3. The Morgan fingerprint density at radius 2 is 2.10 bits per heavy atom. The molecule has 1 aromatic heterocycles. The third-order valence-electron chi connectivity index (χ3n) is 5.74. The SMILES string of the molecule is O=C1CCN(C(=O)c2ccn(COc3ccc([N+](=O)[O-])cc3Cl)n2)C2CCCCC12. The molecule has 10 heteroatoms. The van der Waals surface area contributed by atoms with Gasteiger partial charge in [-0.15, -0.1) is 0 Å². The quantitative estimate of drug-likeness (QED) is 0.529. The van der Waals surface area contributed by atoms with Crippen LogP contribution in [0.25, 0.3) is 0 Å². The minimum Gasteiger partial charge on any atom is -0.470 e. The predicted octanol–water partition coefficient (Wildman–Crippen LogP) is 3.46. The first-order valence-electron chi connectivity index (χ1n) is 9.88. The second-order valence-electron chi connectivity index (χ2n) is 7.56. The molecule has 1 saturated carbocycles. The third-order valence-corrected chi connectivity index (χ3v) is 6.04. The Bertz CT molecular complexity index is 991. The normalized spacial score (nSPS) is 21.2. The van der Waals surface area contributed by atoms with Crippen molar-refractivity contribution >= 4 is 29.0 Å². The van der Waals surface area contributed by atoms with Gasteiger partial charge in [-0.25, -0.2) is 4.68 Å². The van der Waals surface area contributed by atoms with Crippen LogP contribution in [0.15, 0.2) is 30.5 Å². The van der Waals surface area contributed by atoms with Gasteiger partial charge >= 0.3 is 0 Å². The summed E-state index contributed by atoms with van der Waals surface area (Å²) in [5, 5.41) is 15.2. The Morgan fingerprint density at radius 1 is 1.30 bits per heavy atom. The van der Waals surface area contributed by atoms with Crippen molar-refractivity contribution in [3.8, 4) is 5.75 Å². The summed E-state index contributed by atoms with van der Waals surface area (Å²) in [5.41, 5.74) is 0.174. The number of hydrogen-bond donors (Lipinski definition) is 0. The van der Waals surface area contributed by atoms with Crippen LogP contribution >= 0.6 is 11.6 Å². The molecule has 1 aliphatic heterocycles. The molecule has 1 amide bonds. The van der Waals surface area contributed by atoms with Crippen LogP contribution in [-0.4, -0.2) is 43.9 Å². The number of benzene rings is 1. The molecular weight excluding hydrogens is 412 g/mol. The number of Topliss-reactive ketones (excluding diaryl/α,β-unsaturated/α-hetero) is 1. The lowest BCUT2D eigenvalue weighted by atomic mass is 9.77. The van der Waals surface area contributed by atoms with Crippen LogP contribution in [0.2, 0.25) is 5.02 Å². The highest BCUT2D eigenvalue weighted by atomic mass is 35.5. The van der Waals surface area contributed by atoms with E-state index in [1.807, 2.05) is 0 Å². The largest absolute Gasteiger partial charge is 0.470 e. The highest BCUT2D eigenvalue weighted by Crippen LogP contribution is 2.34. The fourth-order valence-corrected chi connectivity index (χ4v) is 4.47. The molecule has 30 heavy (non-hydrogen) atoms. The van der Waals surface area contributed by atoms with Gasteiger partial charge in [-0.05, 0) is 25.0 Å². The average molecular weight is 433 g/mol. The molecule has 2 aliphatic rings. The van der Waals surface area contributed by atoms with Gasteiger partial charge in [0.25, 0.3) is 11.6 Å². The molecule has 0 N–H and O–H groups in total. The molecule has 2 atom stereocenters. The molecule has 0 radical (unpaired) electrons. The first-order chi connectivity index (χ1) is 14.4. The number of carbonyl (C=O) groups excluding carboxylic acids is 2. The summed E-state index contributed by atoms with van der Waals surface area (Å²) in [6, 6.07) is 5.53. The molecule has 0 spiro atoms. The number of amides is 1. The van der Waals surface area contributed by atoms with Gasteiger partial charge in [-0.2, -0.15) is 5.10 Å². The number of ketones is 1. The first kappa shape index (κ1) is 20.3. The summed E-state index contributed by atoms with van der Waals surface area (Å²) in [5.74, 6) is 0.325. The van der Waals surface area contributed by atoms with Crippen LogP contribution in [0.5, 0.6) is 5.75 Å². The topological polar surface area (TPSA) is 108 Å². The highest BCUT2D eigenvalue weighted by molar-refractivity contribution is 6.32. The zero-order chi connectivity index (χ0) is 21.3. The molecule has 4 rings (SSSR count). The average Bonchev–Trinajstić information content (AvgIpc) is 3.22. The molecule has 2 aromatic rings. The Labute approximate surface area is 177 Å². The lowest BCUT2D eigenvalue weighted by Gasteiger charge is -2.42. The molecule has 1 aliphatic carbocycles. The van der Waals surface area contributed by atoms with E-state index in [0.717, 1.165) is 25.7 Å². The zero-order valence-electron chi connectivity index (χ0n) is 16.2. The minimum absolute atomic E-state index is 0.00461. The van der Waals surface area contributed by atoms with Gasteiger partial charge in [0.15, 0.2) is 12.4 Å². The second-order valence-corrected chi connectivity index (χ2v) is 7.97. The number of halogens is 1. The second kappa shape index (κ2) is 8.43. The van der Waals surface area contributed by atoms with Crippen LogP contribution in [0.3, 0.4) is 0 Å². The lowest BCUT2D eigenvalue weighted by molar-refractivity contribution is -0.384. The summed E-state index contributed by atoms with van der Waals surface area (Å²) in [6.07, 6.45) is 5.79. The number of aromatic nitrogens is 2. The van der Waals surface area contributed by atoms with E-state index in [1.165, 1.54) is 22.9 Å². The number of likely N-dealkylation sites (tertiary alicyclic amines) is 1. The molecule has 2 fully saturated rings. The van der Waals surface area contributed by atoms with E-state index in [0.29, 0.717) is 18.7 Å². The Hall–Kier alpha value is -2.94. The van der Waals surface area contributed by atoms with Crippen molar-refractivity contribution in [3.63, 3.8) is 0 Å². The maximum absolute atomic E-state index is 13.0. The van der Waals surface area contributed by atoms with Gasteiger partial charge in [0.05, 0.1) is 9.95 Å². The summed E-state index contributed by atoms with van der Waals surface area (Å²) in [6.45, 7) is 0.427. The van der Waals surface area contributed by atoms with Crippen molar-refractivity contribution in [1.82, 2.24) is 14.7 Å².